The quantitative estimate of drug-likeness (QED) is 0.881. The molecule has 2 N–H and O–H groups in total. The summed E-state index contributed by atoms with van der Waals surface area (Å²) in [5.74, 6) is 0.659. The summed E-state index contributed by atoms with van der Waals surface area (Å²) in [5.41, 5.74) is 2.04. The van der Waals surface area contributed by atoms with Crippen LogP contribution in [-0.2, 0) is 4.79 Å². The number of likely N-dealkylation sites (tertiary alicyclic amines) is 1. The first-order chi connectivity index (χ1) is 9.58. The average Bonchev–Trinajstić information content (AvgIpc) is 2.38. The second-order valence-electron chi connectivity index (χ2n) is 5.81. The average molecular weight is 275 g/mol. The van der Waals surface area contributed by atoms with Crippen LogP contribution in [0.15, 0.2) is 24.3 Å². The first-order valence-corrected chi connectivity index (χ1v) is 7.34. The summed E-state index contributed by atoms with van der Waals surface area (Å²) in [6.45, 7) is 6.71. The number of carbonyl (C=O) groups excluding carboxylic acids is 1. The van der Waals surface area contributed by atoms with Crippen molar-refractivity contribution >= 4 is 11.6 Å². The van der Waals surface area contributed by atoms with Gasteiger partial charge in [0.1, 0.15) is 0 Å². The van der Waals surface area contributed by atoms with Gasteiger partial charge in [-0.05, 0) is 44.0 Å². The number of nitrogens with zero attached hydrogens (tertiary/aromatic N) is 1. The van der Waals surface area contributed by atoms with Crippen molar-refractivity contribution in [3.05, 3.63) is 29.8 Å². The molecule has 1 aliphatic heterocycles. The minimum absolute atomic E-state index is 0.0747. The van der Waals surface area contributed by atoms with E-state index in [-0.39, 0.29) is 5.91 Å². The highest BCUT2D eigenvalue weighted by molar-refractivity contribution is 5.92. The van der Waals surface area contributed by atoms with Gasteiger partial charge in [0.15, 0.2) is 0 Å². The summed E-state index contributed by atoms with van der Waals surface area (Å²) in [6, 6.07) is 8.49. The molecule has 1 heterocycles. The van der Waals surface area contributed by atoms with Gasteiger partial charge in [-0.2, -0.15) is 0 Å². The second kappa shape index (κ2) is 6.86. The molecule has 0 bridgehead atoms. The third-order valence-electron chi connectivity index (χ3n) is 4.03. The van der Waals surface area contributed by atoms with Crippen LogP contribution in [0.4, 0.5) is 5.69 Å². The lowest BCUT2D eigenvalue weighted by atomic mass is 9.94. The number of carbonyl (C=O) groups is 1. The van der Waals surface area contributed by atoms with E-state index in [0.29, 0.717) is 18.5 Å². The lowest BCUT2D eigenvalue weighted by molar-refractivity contribution is -0.117. The zero-order chi connectivity index (χ0) is 14.5. The number of amides is 1. The number of nitrogens with one attached hydrogen (secondary N) is 2. The third kappa shape index (κ3) is 4.05. The van der Waals surface area contributed by atoms with Crippen molar-refractivity contribution in [2.24, 2.45) is 5.92 Å². The van der Waals surface area contributed by atoms with Gasteiger partial charge in [0, 0.05) is 24.8 Å². The highest BCUT2D eigenvalue weighted by Gasteiger charge is 2.25. The number of hydrogen-bond donors (Lipinski definition) is 2. The predicted molar refractivity (Wildman–Crippen MR) is 82.9 cm³/mol. The molecule has 0 aromatic heterocycles. The van der Waals surface area contributed by atoms with Gasteiger partial charge in [0.2, 0.25) is 5.91 Å². The summed E-state index contributed by atoms with van der Waals surface area (Å²) in [5, 5.41) is 6.32. The molecule has 20 heavy (non-hydrogen) atoms. The minimum Gasteiger partial charge on any atom is -0.325 e. The number of anilines is 1. The maximum atomic E-state index is 12.1. The van der Waals surface area contributed by atoms with Gasteiger partial charge in [-0.1, -0.05) is 19.1 Å². The molecular weight excluding hydrogens is 250 g/mol. The monoisotopic (exact) mass is 275 g/mol. The first-order valence-electron chi connectivity index (χ1n) is 7.34. The summed E-state index contributed by atoms with van der Waals surface area (Å²) >= 11 is 0. The molecule has 1 aliphatic rings. The Morgan fingerprint density at radius 3 is 2.90 bits per heavy atom. The van der Waals surface area contributed by atoms with Gasteiger partial charge in [-0.25, -0.2) is 0 Å². The van der Waals surface area contributed by atoms with Gasteiger partial charge in [0.05, 0.1) is 6.54 Å². The molecule has 110 valence electrons. The lowest BCUT2D eigenvalue weighted by Gasteiger charge is -2.36. The van der Waals surface area contributed by atoms with E-state index in [1.807, 2.05) is 38.2 Å². The third-order valence-corrected chi connectivity index (χ3v) is 4.03. The van der Waals surface area contributed by atoms with Crippen LogP contribution >= 0.6 is 0 Å². The molecule has 2 unspecified atom stereocenters. The molecular formula is C16H25N3O. The Morgan fingerprint density at radius 1 is 1.45 bits per heavy atom. The molecule has 2 rings (SSSR count). The van der Waals surface area contributed by atoms with Gasteiger partial charge >= 0.3 is 0 Å². The van der Waals surface area contributed by atoms with Crippen LogP contribution in [0.3, 0.4) is 0 Å². The number of benzene rings is 1. The lowest BCUT2D eigenvalue weighted by Crippen LogP contribution is -2.49. The number of aryl methyl sites for hydroxylation is 1. The standard InChI is InChI=1S/C16H25N3O/c1-12-5-4-6-14(9-12)18-16(20)11-19-8-7-15(17-3)13(2)10-19/h4-6,9,13,15,17H,7-8,10-11H2,1-3H3,(H,18,20). The molecule has 1 aromatic carbocycles. The predicted octanol–water partition coefficient (Wildman–Crippen LogP) is 1.86. The molecule has 4 nitrogen and oxygen atoms in total. The molecule has 4 heteroatoms. The molecule has 0 saturated carbocycles. The fourth-order valence-electron chi connectivity index (χ4n) is 2.93. The molecule has 0 radical (unpaired) electrons. The summed E-state index contributed by atoms with van der Waals surface area (Å²) in [7, 11) is 2.02. The largest absolute Gasteiger partial charge is 0.325 e. The Morgan fingerprint density at radius 2 is 2.25 bits per heavy atom. The Hall–Kier alpha value is -1.39. The SMILES string of the molecule is CNC1CCN(CC(=O)Nc2cccc(C)c2)CC1C. The van der Waals surface area contributed by atoms with E-state index >= 15 is 0 Å². The maximum Gasteiger partial charge on any atom is 0.238 e. The van der Waals surface area contributed by atoms with Gasteiger partial charge < -0.3 is 10.6 Å². The molecule has 0 spiro atoms. The van der Waals surface area contributed by atoms with Crippen molar-refractivity contribution in [1.29, 1.82) is 0 Å². The van der Waals surface area contributed by atoms with Crippen molar-refractivity contribution in [3.63, 3.8) is 0 Å². The Kier molecular flexibility index (Phi) is 5.15. The molecule has 1 saturated heterocycles. The van der Waals surface area contributed by atoms with Crippen LogP contribution in [-0.4, -0.2) is 43.5 Å². The van der Waals surface area contributed by atoms with E-state index in [0.717, 1.165) is 30.8 Å². The summed E-state index contributed by atoms with van der Waals surface area (Å²) < 4.78 is 0. The summed E-state index contributed by atoms with van der Waals surface area (Å²) in [4.78, 5) is 14.3. The van der Waals surface area contributed by atoms with Gasteiger partial charge in [-0.3, -0.25) is 9.69 Å². The van der Waals surface area contributed by atoms with Crippen molar-refractivity contribution in [3.8, 4) is 0 Å². The topological polar surface area (TPSA) is 44.4 Å². The van der Waals surface area contributed by atoms with Crippen molar-refractivity contribution in [1.82, 2.24) is 10.2 Å². The molecule has 1 aromatic rings. The van der Waals surface area contributed by atoms with Gasteiger partial charge in [0.25, 0.3) is 0 Å². The number of piperidine rings is 1. The molecule has 1 fully saturated rings. The number of hydrogen-bond acceptors (Lipinski definition) is 3. The summed E-state index contributed by atoms with van der Waals surface area (Å²) in [6.07, 6.45) is 1.11. The van der Waals surface area contributed by atoms with E-state index in [4.69, 9.17) is 0 Å². The van der Waals surface area contributed by atoms with Crippen LogP contribution in [0.1, 0.15) is 18.9 Å². The van der Waals surface area contributed by atoms with E-state index in [1.54, 1.807) is 0 Å². The fraction of sp³-hybridized carbons (Fsp3) is 0.562. The van der Waals surface area contributed by atoms with E-state index in [2.05, 4.69) is 22.5 Å². The van der Waals surface area contributed by atoms with Crippen LogP contribution in [0.5, 0.6) is 0 Å². The van der Waals surface area contributed by atoms with Crippen molar-refractivity contribution in [2.75, 3.05) is 32.0 Å². The Balaban J connectivity index is 1.83. The zero-order valence-corrected chi connectivity index (χ0v) is 12.6. The maximum absolute atomic E-state index is 12.1. The second-order valence-corrected chi connectivity index (χ2v) is 5.81. The molecule has 0 aliphatic carbocycles. The van der Waals surface area contributed by atoms with Crippen LogP contribution in [0.2, 0.25) is 0 Å². The Labute approximate surface area is 121 Å². The molecule has 1 amide bonds. The normalized spacial score (nSPS) is 23.6. The van der Waals surface area contributed by atoms with Crippen molar-refractivity contribution < 1.29 is 4.79 Å². The van der Waals surface area contributed by atoms with Gasteiger partial charge in [-0.15, -0.1) is 0 Å². The van der Waals surface area contributed by atoms with Crippen molar-refractivity contribution in [2.45, 2.75) is 26.3 Å². The van der Waals surface area contributed by atoms with E-state index in [9.17, 15) is 4.79 Å². The first kappa shape index (κ1) is 15.0. The Bertz CT molecular complexity index is 461. The van der Waals surface area contributed by atoms with E-state index < -0.39 is 0 Å². The highest BCUT2D eigenvalue weighted by Crippen LogP contribution is 2.16. The van der Waals surface area contributed by atoms with E-state index in [1.165, 1.54) is 0 Å². The smallest absolute Gasteiger partial charge is 0.238 e. The highest BCUT2D eigenvalue weighted by atomic mass is 16.2. The van der Waals surface area contributed by atoms with Crippen LogP contribution < -0.4 is 10.6 Å². The zero-order valence-electron chi connectivity index (χ0n) is 12.6. The van der Waals surface area contributed by atoms with Crippen LogP contribution in [0.25, 0.3) is 0 Å². The van der Waals surface area contributed by atoms with Crippen LogP contribution in [0, 0.1) is 12.8 Å². The fourth-order valence-corrected chi connectivity index (χ4v) is 2.93. The molecule has 2 atom stereocenters. The number of rotatable bonds is 4. The minimum atomic E-state index is 0.0747.